The highest BCUT2D eigenvalue weighted by Crippen LogP contribution is 2.38. The second kappa shape index (κ2) is 6.39. The predicted octanol–water partition coefficient (Wildman–Crippen LogP) is 4.16. The summed E-state index contributed by atoms with van der Waals surface area (Å²) in [6.45, 7) is 2.48. The summed E-state index contributed by atoms with van der Waals surface area (Å²) in [7, 11) is 1.67. The van der Waals surface area contributed by atoms with E-state index < -0.39 is 0 Å². The number of benzene rings is 1. The van der Waals surface area contributed by atoms with Gasteiger partial charge >= 0.3 is 0 Å². The van der Waals surface area contributed by atoms with Gasteiger partial charge in [-0.3, -0.25) is 4.79 Å². The highest BCUT2D eigenvalue weighted by molar-refractivity contribution is 5.79. The van der Waals surface area contributed by atoms with Gasteiger partial charge in [-0.1, -0.05) is 17.7 Å². The van der Waals surface area contributed by atoms with Crippen LogP contribution in [-0.2, 0) is 4.79 Å². The molecule has 3 nitrogen and oxygen atoms in total. The lowest BCUT2D eigenvalue weighted by atomic mass is 9.84. The number of rotatable bonds is 2. The first-order chi connectivity index (χ1) is 10.7. The molecule has 0 atom stereocenters. The molecule has 1 aliphatic heterocycles. The minimum absolute atomic E-state index is 0.136. The van der Waals surface area contributed by atoms with Crippen molar-refractivity contribution < 1.29 is 9.53 Å². The van der Waals surface area contributed by atoms with Gasteiger partial charge in [-0.25, -0.2) is 0 Å². The average molecular weight is 297 g/mol. The fourth-order valence-electron chi connectivity index (χ4n) is 3.43. The molecule has 1 aliphatic carbocycles. The molecular formula is C19H23NO2. The standard InChI is InChI=1S/C19H23NO2/c1-14(21)20-12-11-16-5-3-4-6-18(16)19(20)13-15-7-9-17(22-2)10-8-15/h7-10,13H,3-6,11-12H2,1-2H3/b19-13+. The Balaban J connectivity index is 2.00. The minimum Gasteiger partial charge on any atom is -0.497 e. The number of hydrogen-bond acceptors (Lipinski definition) is 2. The van der Waals surface area contributed by atoms with Gasteiger partial charge in [0.1, 0.15) is 5.75 Å². The number of carbonyl (C=O) groups excluding carboxylic acids is 1. The molecule has 116 valence electrons. The first-order valence-corrected chi connectivity index (χ1v) is 8.04. The zero-order valence-corrected chi connectivity index (χ0v) is 13.4. The Hall–Kier alpha value is -2.03. The highest BCUT2D eigenvalue weighted by Gasteiger charge is 2.27. The van der Waals surface area contributed by atoms with Gasteiger partial charge in [-0.05, 0) is 61.4 Å². The summed E-state index contributed by atoms with van der Waals surface area (Å²) in [5.41, 5.74) is 5.19. The molecule has 0 bridgehead atoms. The van der Waals surface area contributed by atoms with Gasteiger partial charge in [0.05, 0.1) is 7.11 Å². The van der Waals surface area contributed by atoms with Gasteiger partial charge in [0.25, 0.3) is 0 Å². The van der Waals surface area contributed by atoms with E-state index in [0.717, 1.165) is 36.4 Å². The molecule has 1 heterocycles. The van der Waals surface area contributed by atoms with Crippen LogP contribution in [0.2, 0.25) is 0 Å². The van der Waals surface area contributed by atoms with Crippen LogP contribution in [0.1, 0.15) is 44.6 Å². The Bertz CT molecular complexity index is 625. The van der Waals surface area contributed by atoms with Gasteiger partial charge in [0, 0.05) is 19.2 Å². The Morgan fingerprint density at radius 2 is 1.86 bits per heavy atom. The van der Waals surface area contributed by atoms with Gasteiger partial charge in [-0.2, -0.15) is 0 Å². The van der Waals surface area contributed by atoms with E-state index in [4.69, 9.17) is 4.74 Å². The van der Waals surface area contributed by atoms with E-state index in [0.29, 0.717) is 0 Å². The van der Waals surface area contributed by atoms with Gasteiger partial charge < -0.3 is 9.64 Å². The van der Waals surface area contributed by atoms with Crippen LogP contribution >= 0.6 is 0 Å². The number of methoxy groups -OCH3 is 1. The third-order valence-corrected chi connectivity index (χ3v) is 4.62. The van der Waals surface area contributed by atoms with Crippen LogP contribution in [-0.4, -0.2) is 24.5 Å². The fourth-order valence-corrected chi connectivity index (χ4v) is 3.43. The molecule has 0 spiro atoms. The van der Waals surface area contributed by atoms with E-state index in [2.05, 4.69) is 6.08 Å². The summed E-state index contributed by atoms with van der Waals surface area (Å²) in [6, 6.07) is 8.01. The second-order valence-corrected chi connectivity index (χ2v) is 6.01. The SMILES string of the molecule is COc1ccc(/C=C2\C3=C(CCCC3)CCN2C(C)=O)cc1. The maximum absolute atomic E-state index is 12.0. The molecule has 0 saturated carbocycles. The molecule has 0 unspecified atom stereocenters. The third-order valence-electron chi connectivity index (χ3n) is 4.62. The van der Waals surface area contributed by atoms with Crippen LogP contribution in [0.15, 0.2) is 41.1 Å². The predicted molar refractivity (Wildman–Crippen MR) is 88.5 cm³/mol. The Kier molecular flexibility index (Phi) is 4.32. The molecule has 0 saturated heterocycles. The van der Waals surface area contributed by atoms with Crippen molar-refractivity contribution in [3.05, 3.63) is 46.7 Å². The number of hydrogen-bond donors (Lipinski definition) is 0. The normalized spacial score (nSPS) is 20.1. The molecule has 3 rings (SSSR count). The van der Waals surface area contributed by atoms with Gasteiger partial charge in [0.2, 0.25) is 5.91 Å². The summed E-state index contributed by atoms with van der Waals surface area (Å²) in [5, 5.41) is 0. The van der Waals surface area contributed by atoms with Crippen molar-refractivity contribution in [2.45, 2.75) is 39.0 Å². The lowest BCUT2D eigenvalue weighted by molar-refractivity contribution is -0.126. The van der Waals surface area contributed by atoms with Crippen molar-refractivity contribution >= 4 is 12.0 Å². The van der Waals surface area contributed by atoms with Crippen molar-refractivity contribution in [3.8, 4) is 5.75 Å². The molecule has 0 aromatic heterocycles. The average Bonchev–Trinajstić information content (AvgIpc) is 2.55. The van der Waals surface area contributed by atoms with Crippen molar-refractivity contribution in [2.75, 3.05) is 13.7 Å². The first kappa shape index (κ1) is 14.9. The van der Waals surface area contributed by atoms with Crippen LogP contribution in [0.5, 0.6) is 5.75 Å². The lowest BCUT2D eigenvalue weighted by Crippen LogP contribution is -2.34. The Morgan fingerprint density at radius 3 is 2.55 bits per heavy atom. The quantitative estimate of drug-likeness (QED) is 0.820. The first-order valence-electron chi connectivity index (χ1n) is 8.04. The topological polar surface area (TPSA) is 29.5 Å². The van der Waals surface area contributed by atoms with Gasteiger partial charge in [0.15, 0.2) is 0 Å². The van der Waals surface area contributed by atoms with Crippen LogP contribution in [0.3, 0.4) is 0 Å². The van der Waals surface area contributed by atoms with Crippen LogP contribution in [0.25, 0.3) is 6.08 Å². The van der Waals surface area contributed by atoms with E-state index in [-0.39, 0.29) is 5.91 Å². The molecule has 0 radical (unpaired) electrons. The molecule has 1 aromatic rings. The molecule has 0 N–H and O–H groups in total. The summed E-state index contributed by atoms with van der Waals surface area (Å²) in [4.78, 5) is 14.0. The van der Waals surface area contributed by atoms with Gasteiger partial charge in [-0.15, -0.1) is 0 Å². The fraction of sp³-hybridized carbons (Fsp3) is 0.421. The van der Waals surface area contributed by atoms with Crippen molar-refractivity contribution in [2.24, 2.45) is 0 Å². The minimum atomic E-state index is 0.136. The highest BCUT2D eigenvalue weighted by atomic mass is 16.5. The number of nitrogens with zero attached hydrogens (tertiary/aromatic N) is 1. The van der Waals surface area contributed by atoms with E-state index >= 15 is 0 Å². The zero-order chi connectivity index (χ0) is 15.5. The number of carbonyl (C=O) groups is 1. The zero-order valence-electron chi connectivity index (χ0n) is 13.4. The molecule has 0 fully saturated rings. The monoisotopic (exact) mass is 297 g/mol. The van der Waals surface area contributed by atoms with E-state index in [1.807, 2.05) is 29.2 Å². The number of allylic oxidation sites excluding steroid dienone is 1. The van der Waals surface area contributed by atoms with E-state index in [1.54, 1.807) is 19.6 Å². The summed E-state index contributed by atoms with van der Waals surface area (Å²) in [5.74, 6) is 0.990. The molecule has 3 heteroatoms. The summed E-state index contributed by atoms with van der Waals surface area (Å²) in [6.07, 6.45) is 8.00. The molecule has 2 aliphatic rings. The Morgan fingerprint density at radius 1 is 1.14 bits per heavy atom. The smallest absolute Gasteiger partial charge is 0.223 e. The summed E-state index contributed by atoms with van der Waals surface area (Å²) >= 11 is 0. The summed E-state index contributed by atoms with van der Waals surface area (Å²) < 4.78 is 5.21. The molecule has 22 heavy (non-hydrogen) atoms. The maximum atomic E-state index is 12.0. The maximum Gasteiger partial charge on any atom is 0.223 e. The van der Waals surface area contributed by atoms with E-state index in [9.17, 15) is 4.79 Å². The second-order valence-electron chi connectivity index (χ2n) is 6.01. The van der Waals surface area contributed by atoms with Crippen molar-refractivity contribution in [1.29, 1.82) is 0 Å². The Labute approximate surface area is 132 Å². The molecule has 1 aromatic carbocycles. The van der Waals surface area contributed by atoms with Crippen LogP contribution in [0.4, 0.5) is 0 Å². The largest absolute Gasteiger partial charge is 0.497 e. The van der Waals surface area contributed by atoms with Crippen LogP contribution < -0.4 is 4.74 Å². The number of ether oxygens (including phenoxy) is 1. The van der Waals surface area contributed by atoms with Crippen LogP contribution in [0, 0.1) is 0 Å². The number of amides is 1. The van der Waals surface area contributed by atoms with Crippen molar-refractivity contribution in [1.82, 2.24) is 4.90 Å². The third kappa shape index (κ3) is 2.94. The molecule has 1 amide bonds. The van der Waals surface area contributed by atoms with E-state index in [1.165, 1.54) is 24.8 Å². The van der Waals surface area contributed by atoms with Crippen molar-refractivity contribution in [3.63, 3.8) is 0 Å². The lowest BCUT2D eigenvalue weighted by Gasteiger charge is -2.35. The molecular weight excluding hydrogens is 274 g/mol.